The number of carbonyl (C=O) groups excluding carboxylic acids is 1. The van der Waals surface area contributed by atoms with Crippen molar-refractivity contribution in [2.75, 3.05) is 13.7 Å². The van der Waals surface area contributed by atoms with Gasteiger partial charge < -0.3 is 4.74 Å². The molecule has 0 aromatic heterocycles. The zero-order valence-electron chi connectivity index (χ0n) is 7.70. The molecule has 2 atom stereocenters. The van der Waals surface area contributed by atoms with Crippen molar-refractivity contribution >= 4 is 38.9 Å². The fourth-order valence-electron chi connectivity index (χ4n) is 1.71. The molecule has 80 valence electrons. The van der Waals surface area contributed by atoms with E-state index in [0.29, 0.717) is 5.92 Å². The molecule has 1 N–H and O–H groups in total. The maximum atomic E-state index is 11.5. The van der Waals surface area contributed by atoms with Gasteiger partial charge in [0.05, 0.1) is 7.11 Å². The fraction of sp³-hybridized carbons (Fsp3) is 0.625. The topological polar surface area (TPSA) is 41.6 Å². The van der Waals surface area contributed by atoms with Crippen LogP contribution in [0.4, 0.5) is 0 Å². The Balaban J connectivity index is 0.000000980. The smallest absolute Gasteiger partial charge is 0.344 e. The molecule has 6 heteroatoms. The molecule has 0 aliphatic carbocycles. The number of methoxy groups -OCH3 is 1. The van der Waals surface area contributed by atoms with Gasteiger partial charge in [-0.05, 0) is 21.8 Å². The van der Waals surface area contributed by atoms with Gasteiger partial charge in [0.1, 0.15) is 0 Å². The number of fused-ring (bicyclic) bond motifs is 2. The second kappa shape index (κ2) is 4.20. The molecule has 0 aromatic rings. The van der Waals surface area contributed by atoms with Crippen LogP contribution < -0.4 is 5.43 Å². The average Bonchev–Trinajstić information content (AvgIpc) is 2.18. The SMILES string of the molecule is Br.COC(=O)C1(Br)CC2C=CN1NC2. The predicted molar refractivity (Wildman–Crippen MR) is 61.1 cm³/mol. The number of hydrogen-bond donors (Lipinski definition) is 1. The van der Waals surface area contributed by atoms with Crippen molar-refractivity contribution in [2.24, 2.45) is 5.92 Å². The van der Waals surface area contributed by atoms with Crippen molar-refractivity contribution in [1.29, 1.82) is 0 Å². The van der Waals surface area contributed by atoms with E-state index in [1.807, 2.05) is 6.20 Å². The van der Waals surface area contributed by atoms with Crippen LogP contribution >= 0.6 is 32.9 Å². The summed E-state index contributed by atoms with van der Waals surface area (Å²) in [6, 6.07) is 0. The van der Waals surface area contributed by atoms with E-state index in [-0.39, 0.29) is 23.0 Å². The number of esters is 1. The molecule has 0 aromatic carbocycles. The second-order valence-corrected chi connectivity index (χ2v) is 4.60. The Morgan fingerprint density at radius 2 is 2.50 bits per heavy atom. The summed E-state index contributed by atoms with van der Waals surface area (Å²) in [7, 11) is 1.40. The third-order valence-electron chi connectivity index (χ3n) is 2.44. The summed E-state index contributed by atoms with van der Waals surface area (Å²) in [6.07, 6.45) is 4.73. The molecule has 2 bridgehead atoms. The largest absolute Gasteiger partial charge is 0.467 e. The van der Waals surface area contributed by atoms with Gasteiger partial charge in [0.25, 0.3) is 0 Å². The van der Waals surface area contributed by atoms with Gasteiger partial charge in [-0.3, -0.25) is 5.01 Å². The molecule has 3 aliphatic rings. The normalized spacial score (nSPS) is 33.9. The first kappa shape index (κ1) is 12.0. The summed E-state index contributed by atoms with van der Waals surface area (Å²) >= 11 is 3.42. The Bertz CT molecular complexity index is 272. The van der Waals surface area contributed by atoms with Crippen LogP contribution in [0.15, 0.2) is 12.3 Å². The Morgan fingerprint density at radius 1 is 1.79 bits per heavy atom. The number of ether oxygens (including phenoxy) is 1. The molecule has 2 unspecified atom stereocenters. The summed E-state index contributed by atoms with van der Waals surface area (Å²) in [5.41, 5.74) is 3.12. The predicted octanol–water partition coefficient (Wildman–Crippen LogP) is 1.18. The Kier molecular flexibility index (Phi) is 3.60. The zero-order chi connectivity index (χ0) is 9.47. The molecule has 3 heterocycles. The van der Waals surface area contributed by atoms with Crippen molar-refractivity contribution in [3.63, 3.8) is 0 Å². The maximum absolute atomic E-state index is 11.5. The Hall–Kier alpha value is -0.0700. The van der Waals surface area contributed by atoms with E-state index in [1.165, 1.54) is 7.11 Å². The third-order valence-corrected chi connectivity index (χ3v) is 3.47. The first-order valence-electron chi connectivity index (χ1n) is 4.15. The summed E-state index contributed by atoms with van der Waals surface area (Å²) in [5.74, 6) is 0.150. The minimum atomic E-state index is -0.709. The third kappa shape index (κ3) is 1.70. The van der Waals surface area contributed by atoms with E-state index in [0.717, 1.165) is 13.0 Å². The van der Waals surface area contributed by atoms with Gasteiger partial charge in [0.2, 0.25) is 4.45 Å². The lowest BCUT2D eigenvalue weighted by Gasteiger charge is -2.46. The number of hydrogen-bond acceptors (Lipinski definition) is 4. The van der Waals surface area contributed by atoms with Gasteiger partial charge >= 0.3 is 5.97 Å². The lowest BCUT2D eigenvalue weighted by Crippen LogP contribution is -2.62. The lowest BCUT2D eigenvalue weighted by atomic mass is 9.94. The van der Waals surface area contributed by atoms with Crippen molar-refractivity contribution in [3.8, 4) is 0 Å². The van der Waals surface area contributed by atoms with E-state index in [2.05, 4.69) is 27.4 Å². The molecule has 0 radical (unpaired) electrons. The highest BCUT2D eigenvalue weighted by molar-refractivity contribution is 9.10. The van der Waals surface area contributed by atoms with Crippen LogP contribution in [-0.4, -0.2) is 29.1 Å². The molecule has 1 fully saturated rings. The minimum Gasteiger partial charge on any atom is -0.467 e. The van der Waals surface area contributed by atoms with Crippen molar-refractivity contribution in [1.82, 2.24) is 10.4 Å². The Morgan fingerprint density at radius 3 is 2.86 bits per heavy atom. The summed E-state index contributed by atoms with van der Waals surface area (Å²) < 4.78 is 4.04. The number of nitrogens with one attached hydrogen (secondary N) is 1. The number of hydrazine groups is 1. The van der Waals surface area contributed by atoms with Crippen LogP contribution in [0.2, 0.25) is 0 Å². The molecule has 0 spiro atoms. The van der Waals surface area contributed by atoms with Crippen LogP contribution in [0, 0.1) is 5.92 Å². The van der Waals surface area contributed by atoms with E-state index < -0.39 is 4.45 Å². The van der Waals surface area contributed by atoms with Crippen LogP contribution in [0.25, 0.3) is 0 Å². The number of nitrogens with zero attached hydrogens (tertiary/aromatic N) is 1. The quantitative estimate of drug-likeness (QED) is 0.446. The van der Waals surface area contributed by atoms with Gasteiger partial charge in [-0.15, -0.1) is 17.0 Å². The molecule has 3 aliphatic heterocycles. The van der Waals surface area contributed by atoms with Crippen LogP contribution in [0.5, 0.6) is 0 Å². The van der Waals surface area contributed by atoms with Crippen molar-refractivity contribution in [2.45, 2.75) is 10.9 Å². The molecule has 14 heavy (non-hydrogen) atoms. The van der Waals surface area contributed by atoms with Gasteiger partial charge in [-0.2, -0.15) is 0 Å². The van der Waals surface area contributed by atoms with Gasteiger partial charge in [-0.1, -0.05) is 6.08 Å². The fourth-order valence-corrected chi connectivity index (χ4v) is 2.53. The number of carbonyl (C=O) groups is 1. The average molecular weight is 328 g/mol. The summed E-state index contributed by atoms with van der Waals surface area (Å²) in [4.78, 5) is 11.5. The number of halogens is 2. The standard InChI is InChI=1S/C8H11BrN2O2.BrH/c1-13-7(12)8(9)4-6-2-3-11(8)10-5-6;/h2-3,6,10H,4-5H2,1H3;1H. The highest BCUT2D eigenvalue weighted by atomic mass is 79.9. The molecule has 0 amide bonds. The van der Waals surface area contributed by atoms with Gasteiger partial charge in [0.15, 0.2) is 0 Å². The van der Waals surface area contributed by atoms with E-state index in [9.17, 15) is 4.79 Å². The molecule has 3 rings (SSSR count). The second-order valence-electron chi connectivity index (χ2n) is 3.29. The van der Waals surface area contributed by atoms with Crippen LogP contribution in [0.1, 0.15) is 6.42 Å². The summed E-state index contributed by atoms with van der Waals surface area (Å²) in [5, 5.41) is 1.76. The minimum absolute atomic E-state index is 0. The van der Waals surface area contributed by atoms with E-state index >= 15 is 0 Å². The van der Waals surface area contributed by atoms with E-state index in [4.69, 9.17) is 4.74 Å². The highest BCUT2D eigenvalue weighted by Crippen LogP contribution is 2.38. The highest BCUT2D eigenvalue weighted by Gasteiger charge is 2.48. The molecular weight excluding hydrogens is 316 g/mol. The molecular formula is C8H12Br2N2O2. The molecule has 0 saturated carbocycles. The lowest BCUT2D eigenvalue weighted by molar-refractivity contribution is -0.151. The number of alkyl halides is 1. The number of rotatable bonds is 1. The Labute approximate surface area is 102 Å². The molecule has 1 saturated heterocycles. The van der Waals surface area contributed by atoms with Crippen LogP contribution in [-0.2, 0) is 9.53 Å². The van der Waals surface area contributed by atoms with Gasteiger partial charge in [-0.25, -0.2) is 10.2 Å². The van der Waals surface area contributed by atoms with E-state index in [1.54, 1.807) is 5.01 Å². The van der Waals surface area contributed by atoms with Gasteiger partial charge in [0, 0.05) is 19.2 Å². The monoisotopic (exact) mass is 326 g/mol. The summed E-state index contributed by atoms with van der Waals surface area (Å²) in [6.45, 7) is 0.890. The van der Waals surface area contributed by atoms with Crippen LogP contribution in [0.3, 0.4) is 0 Å². The van der Waals surface area contributed by atoms with Crippen molar-refractivity contribution < 1.29 is 9.53 Å². The first-order valence-corrected chi connectivity index (χ1v) is 4.94. The van der Waals surface area contributed by atoms with Crippen molar-refractivity contribution in [3.05, 3.63) is 12.3 Å². The molecule has 4 nitrogen and oxygen atoms in total. The first-order chi connectivity index (χ1) is 6.16. The maximum Gasteiger partial charge on any atom is 0.344 e. The zero-order valence-corrected chi connectivity index (χ0v) is 11.0.